The number of sulfonamides is 1. The van der Waals surface area contributed by atoms with Crippen molar-refractivity contribution in [2.24, 2.45) is 0 Å². The van der Waals surface area contributed by atoms with E-state index in [1.165, 1.54) is 12.1 Å². The number of carbonyl (C=O) groups is 1. The van der Waals surface area contributed by atoms with Crippen LogP contribution >= 0.6 is 15.9 Å². The SMILES string of the molecule is COc1ccc(NS(=O)(=O)c2ccc(NC(=O)c3ccc(C(C)(C)C)c(Br)c3)cc2)cc1. The van der Waals surface area contributed by atoms with Crippen LogP contribution < -0.4 is 14.8 Å². The molecule has 0 aliphatic heterocycles. The molecule has 1 amide bonds. The van der Waals surface area contributed by atoms with Crippen molar-refractivity contribution in [1.82, 2.24) is 0 Å². The second-order valence-electron chi connectivity index (χ2n) is 8.26. The van der Waals surface area contributed by atoms with Crippen LogP contribution in [-0.2, 0) is 15.4 Å². The molecule has 3 aromatic carbocycles. The minimum absolute atomic E-state index is 0.0466. The van der Waals surface area contributed by atoms with Gasteiger partial charge >= 0.3 is 0 Å². The molecule has 0 saturated carbocycles. The van der Waals surface area contributed by atoms with E-state index in [0.717, 1.165) is 10.0 Å². The predicted molar refractivity (Wildman–Crippen MR) is 131 cm³/mol. The van der Waals surface area contributed by atoms with Crippen LogP contribution in [-0.4, -0.2) is 21.4 Å². The van der Waals surface area contributed by atoms with Crippen LogP contribution in [0.3, 0.4) is 0 Å². The number of ether oxygens (including phenoxy) is 1. The summed E-state index contributed by atoms with van der Waals surface area (Å²) in [7, 11) is -2.22. The van der Waals surface area contributed by atoms with Crippen molar-refractivity contribution in [2.75, 3.05) is 17.1 Å². The first kappa shape index (κ1) is 23.8. The molecule has 0 saturated heterocycles. The van der Waals surface area contributed by atoms with E-state index in [9.17, 15) is 13.2 Å². The van der Waals surface area contributed by atoms with Crippen LogP contribution in [0.2, 0.25) is 0 Å². The number of anilines is 2. The standard InChI is InChI=1S/C24H25BrN2O4S/c1-24(2,3)21-14-5-16(15-22(21)25)23(28)26-17-8-12-20(13-9-17)32(29,30)27-18-6-10-19(31-4)11-7-18/h5-15,27H,1-4H3,(H,26,28). The number of rotatable bonds is 6. The first-order valence-corrected chi connectivity index (χ1v) is 12.2. The number of amides is 1. The minimum atomic E-state index is -3.76. The third kappa shape index (κ3) is 5.69. The fraction of sp³-hybridized carbons (Fsp3) is 0.208. The third-order valence-electron chi connectivity index (χ3n) is 4.80. The van der Waals surface area contributed by atoms with Crippen LogP contribution in [0.15, 0.2) is 76.1 Å². The molecule has 0 unspecified atom stereocenters. The van der Waals surface area contributed by atoms with E-state index in [-0.39, 0.29) is 16.2 Å². The molecule has 0 fully saturated rings. The zero-order valence-electron chi connectivity index (χ0n) is 18.3. The van der Waals surface area contributed by atoms with Crippen molar-refractivity contribution >= 4 is 43.2 Å². The second-order valence-corrected chi connectivity index (χ2v) is 10.8. The molecule has 32 heavy (non-hydrogen) atoms. The summed E-state index contributed by atoms with van der Waals surface area (Å²) in [5.74, 6) is 0.353. The maximum Gasteiger partial charge on any atom is 0.261 e. The molecule has 2 N–H and O–H groups in total. The summed E-state index contributed by atoms with van der Waals surface area (Å²) in [5, 5.41) is 2.80. The maximum absolute atomic E-state index is 12.6. The van der Waals surface area contributed by atoms with Gasteiger partial charge in [-0.15, -0.1) is 0 Å². The molecule has 0 bridgehead atoms. The number of methoxy groups -OCH3 is 1. The van der Waals surface area contributed by atoms with E-state index in [2.05, 4.69) is 46.7 Å². The second kappa shape index (κ2) is 9.34. The molecule has 0 aliphatic rings. The van der Waals surface area contributed by atoms with Crippen LogP contribution in [0.5, 0.6) is 5.75 Å². The molecule has 0 spiro atoms. The normalized spacial score (nSPS) is 11.7. The van der Waals surface area contributed by atoms with Gasteiger partial charge in [-0.05, 0) is 71.6 Å². The minimum Gasteiger partial charge on any atom is -0.497 e. The first-order chi connectivity index (χ1) is 15.0. The Balaban J connectivity index is 1.71. The van der Waals surface area contributed by atoms with Gasteiger partial charge in [-0.25, -0.2) is 8.42 Å². The third-order valence-corrected chi connectivity index (χ3v) is 6.86. The van der Waals surface area contributed by atoms with Crippen LogP contribution in [0.4, 0.5) is 11.4 Å². The van der Waals surface area contributed by atoms with Crippen molar-refractivity contribution in [3.05, 3.63) is 82.3 Å². The fourth-order valence-electron chi connectivity index (χ4n) is 3.06. The monoisotopic (exact) mass is 516 g/mol. The van der Waals surface area contributed by atoms with Crippen LogP contribution in [0, 0.1) is 0 Å². The van der Waals surface area contributed by atoms with Crippen LogP contribution in [0.25, 0.3) is 0 Å². The van der Waals surface area contributed by atoms with E-state index in [1.807, 2.05) is 6.07 Å². The van der Waals surface area contributed by atoms with Gasteiger partial charge in [0.2, 0.25) is 0 Å². The highest BCUT2D eigenvalue weighted by Gasteiger charge is 2.19. The Bertz CT molecular complexity index is 1220. The lowest BCUT2D eigenvalue weighted by Gasteiger charge is -2.21. The van der Waals surface area contributed by atoms with Gasteiger partial charge in [0.25, 0.3) is 15.9 Å². The first-order valence-electron chi connectivity index (χ1n) is 9.88. The lowest BCUT2D eigenvalue weighted by molar-refractivity contribution is 0.102. The highest BCUT2D eigenvalue weighted by molar-refractivity contribution is 9.10. The quantitative estimate of drug-likeness (QED) is 0.432. The highest BCUT2D eigenvalue weighted by atomic mass is 79.9. The number of carbonyl (C=O) groups excluding carboxylic acids is 1. The van der Waals surface area contributed by atoms with Gasteiger partial charge in [-0.3, -0.25) is 9.52 Å². The lowest BCUT2D eigenvalue weighted by atomic mass is 9.86. The average Bonchev–Trinajstić information content (AvgIpc) is 2.73. The number of hydrogen-bond donors (Lipinski definition) is 2. The van der Waals surface area contributed by atoms with Crippen molar-refractivity contribution < 1.29 is 17.9 Å². The molecule has 8 heteroatoms. The summed E-state index contributed by atoms with van der Waals surface area (Å²) < 4.78 is 33.7. The Hall–Kier alpha value is -2.84. The van der Waals surface area contributed by atoms with E-state index in [0.29, 0.717) is 22.7 Å². The van der Waals surface area contributed by atoms with Crippen molar-refractivity contribution in [1.29, 1.82) is 0 Å². The van der Waals surface area contributed by atoms with Gasteiger partial charge in [0.15, 0.2) is 0 Å². The molecule has 0 aliphatic carbocycles. The van der Waals surface area contributed by atoms with Gasteiger partial charge in [0.05, 0.1) is 12.0 Å². The largest absolute Gasteiger partial charge is 0.497 e. The van der Waals surface area contributed by atoms with E-state index >= 15 is 0 Å². The Morgan fingerprint density at radius 1 is 0.906 bits per heavy atom. The van der Waals surface area contributed by atoms with Crippen molar-refractivity contribution in [2.45, 2.75) is 31.1 Å². The zero-order chi connectivity index (χ0) is 23.5. The van der Waals surface area contributed by atoms with Gasteiger partial charge < -0.3 is 10.1 Å². The summed E-state index contributed by atoms with van der Waals surface area (Å²) >= 11 is 3.54. The van der Waals surface area contributed by atoms with Gasteiger partial charge in [0, 0.05) is 21.4 Å². The summed E-state index contributed by atoms with van der Waals surface area (Å²) in [5.41, 5.74) is 2.48. The number of nitrogens with one attached hydrogen (secondary N) is 2. The number of benzene rings is 3. The Labute approximate surface area is 197 Å². The summed E-state index contributed by atoms with van der Waals surface area (Å²) in [6.07, 6.45) is 0. The summed E-state index contributed by atoms with van der Waals surface area (Å²) in [6, 6.07) is 18.1. The Morgan fingerprint density at radius 2 is 1.50 bits per heavy atom. The Kier molecular flexibility index (Phi) is 6.95. The van der Waals surface area contributed by atoms with E-state index < -0.39 is 10.0 Å². The molecular formula is C24H25BrN2O4S. The average molecular weight is 517 g/mol. The molecule has 0 atom stereocenters. The highest BCUT2D eigenvalue weighted by Crippen LogP contribution is 2.30. The van der Waals surface area contributed by atoms with E-state index in [1.54, 1.807) is 55.6 Å². The van der Waals surface area contributed by atoms with E-state index in [4.69, 9.17) is 4.74 Å². The fourth-order valence-corrected chi connectivity index (χ4v) is 5.09. The molecule has 6 nitrogen and oxygen atoms in total. The van der Waals surface area contributed by atoms with Crippen molar-refractivity contribution in [3.8, 4) is 5.75 Å². The molecule has 0 radical (unpaired) electrons. The smallest absolute Gasteiger partial charge is 0.261 e. The predicted octanol–water partition coefficient (Wildman–Crippen LogP) is 5.81. The van der Waals surface area contributed by atoms with Crippen LogP contribution in [0.1, 0.15) is 36.7 Å². The molecular weight excluding hydrogens is 492 g/mol. The topological polar surface area (TPSA) is 84.5 Å². The number of hydrogen-bond acceptors (Lipinski definition) is 4. The molecule has 3 aromatic rings. The molecule has 0 heterocycles. The summed E-state index contributed by atoms with van der Waals surface area (Å²) in [6.45, 7) is 6.31. The Morgan fingerprint density at radius 3 is 2.03 bits per heavy atom. The van der Waals surface area contributed by atoms with Crippen molar-refractivity contribution in [3.63, 3.8) is 0 Å². The lowest BCUT2D eigenvalue weighted by Crippen LogP contribution is -2.16. The van der Waals surface area contributed by atoms with Gasteiger partial charge in [-0.1, -0.05) is 42.8 Å². The summed E-state index contributed by atoms with van der Waals surface area (Å²) in [4.78, 5) is 12.7. The molecule has 168 valence electrons. The molecule has 0 aromatic heterocycles. The maximum atomic E-state index is 12.6. The zero-order valence-corrected chi connectivity index (χ0v) is 20.7. The van der Waals surface area contributed by atoms with Gasteiger partial charge in [-0.2, -0.15) is 0 Å². The number of halogens is 1. The van der Waals surface area contributed by atoms with Gasteiger partial charge in [0.1, 0.15) is 5.75 Å². The molecule has 3 rings (SSSR count).